The van der Waals surface area contributed by atoms with Crippen LogP contribution in [0.3, 0.4) is 0 Å². The second kappa shape index (κ2) is 7.07. The molecule has 1 saturated heterocycles. The van der Waals surface area contributed by atoms with E-state index < -0.39 is 0 Å². The number of pyridine rings is 1. The molecule has 2 aromatic heterocycles. The predicted molar refractivity (Wildman–Crippen MR) is 102 cm³/mol. The zero-order valence-electron chi connectivity index (χ0n) is 14.7. The van der Waals surface area contributed by atoms with Gasteiger partial charge in [-0.1, -0.05) is 18.2 Å². The molecule has 26 heavy (non-hydrogen) atoms. The molecular weight excluding hydrogens is 326 g/mol. The maximum atomic E-state index is 12.6. The minimum absolute atomic E-state index is 0.0103. The van der Waals surface area contributed by atoms with E-state index in [1.807, 2.05) is 49.4 Å². The molecule has 0 aliphatic carbocycles. The van der Waals surface area contributed by atoms with Crippen molar-refractivity contribution in [2.24, 2.45) is 5.92 Å². The standard InChI is InChI=1S/C20H21N5O/c1-14-6-7-19(24-23-14)25-10-8-15(9-11-25)20(26)22-17-12-16-4-2-3-5-18(16)21-13-17/h2-7,12-13,15H,8-11H2,1H3,(H,22,26). The summed E-state index contributed by atoms with van der Waals surface area (Å²) in [5, 5.41) is 12.4. The van der Waals surface area contributed by atoms with Crippen LogP contribution in [0, 0.1) is 12.8 Å². The van der Waals surface area contributed by atoms with Gasteiger partial charge in [-0.3, -0.25) is 9.78 Å². The summed E-state index contributed by atoms with van der Waals surface area (Å²) in [5.74, 6) is 0.959. The van der Waals surface area contributed by atoms with Gasteiger partial charge in [0.2, 0.25) is 5.91 Å². The van der Waals surface area contributed by atoms with Crippen molar-refractivity contribution in [3.63, 3.8) is 0 Å². The molecule has 1 amide bonds. The fourth-order valence-corrected chi connectivity index (χ4v) is 3.32. The maximum absolute atomic E-state index is 12.6. The van der Waals surface area contributed by atoms with E-state index in [1.54, 1.807) is 6.20 Å². The van der Waals surface area contributed by atoms with Crippen molar-refractivity contribution < 1.29 is 4.79 Å². The summed E-state index contributed by atoms with van der Waals surface area (Å²) in [6.45, 7) is 3.55. The van der Waals surface area contributed by atoms with Crippen molar-refractivity contribution in [2.75, 3.05) is 23.3 Å². The number of amides is 1. The third-order valence-corrected chi connectivity index (χ3v) is 4.83. The Kier molecular flexibility index (Phi) is 4.48. The topological polar surface area (TPSA) is 71.0 Å². The molecule has 0 radical (unpaired) electrons. The number of piperidine rings is 1. The Balaban J connectivity index is 1.37. The molecule has 1 N–H and O–H groups in total. The lowest BCUT2D eigenvalue weighted by Crippen LogP contribution is -2.38. The fraction of sp³-hybridized carbons (Fsp3) is 0.300. The Morgan fingerprint density at radius 3 is 2.69 bits per heavy atom. The lowest BCUT2D eigenvalue weighted by molar-refractivity contribution is -0.120. The maximum Gasteiger partial charge on any atom is 0.227 e. The largest absolute Gasteiger partial charge is 0.355 e. The van der Waals surface area contributed by atoms with Crippen LogP contribution in [-0.4, -0.2) is 34.2 Å². The molecule has 3 aromatic rings. The van der Waals surface area contributed by atoms with Crippen molar-refractivity contribution in [2.45, 2.75) is 19.8 Å². The zero-order valence-corrected chi connectivity index (χ0v) is 14.7. The number of nitrogens with zero attached hydrogens (tertiary/aromatic N) is 4. The summed E-state index contributed by atoms with van der Waals surface area (Å²) in [6, 6.07) is 13.8. The lowest BCUT2D eigenvalue weighted by atomic mass is 9.96. The SMILES string of the molecule is Cc1ccc(N2CCC(C(=O)Nc3cnc4ccccc4c3)CC2)nn1. The van der Waals surface area contributed by atoms with Gasteiger partial charge in [0.15, 0.2) is 5.82 Å². The lowest BCUT2D eigenvalue weighted by Gasteiger charge is -2.31. The minimum Gasteiger partial charge on any atom is -0.355 e. The summed E-state index contributed by atoms with van der Waals surface area (Å²) < 4.78 is 0. The molecular formula is C20H21N5O. The third kappa shape index (κ3) is 3.49. The first-order valence-corrected chi connectivity index (χ1v) is 8.90. The number of aromatic nitrogens is 3. The fourth-order valence-electron chi connectivity index (χ4n) is 3.32. The normalized spacial score (nSPS) is 15.2. The summed E-state index contributed by atoms with van der Waals surface area (Å²) in [6.07, 6.45) is 3.34. The van der Waals surface area contributed by atoms with E-state index in [2.05, 4.69) is 25.4 Å². The summed E-state index contributed by atoms with van der Waals surface area (Å²) in [5.41, 5.74) is 2.59. The molecule has 0 atom stereocenters. The van der Waals surface area contributed by atoms with Crippen LogP contribution >= 0.6 is 0 Å². The van der Waals surface area contributed by atoms with E-state index in [1.165, 1.54) is 0 Å². The number of carbonyl (C=O) groups excluding carboxylic acids is 1. The Bertz CT molecular complexity index is 917. The highest BCUT2D eigenvalue weighted by Gasteiger charge is 2.25. The first-order chi connectivity index (χ1) is 12.7. The number of fused-ring (bicyclic) bond motifs is 1. The van der Waals surface area contributed by atoms with Gasteiger partial charge in [0, 0.05) is 24.4 Å². The van der Waals surface area contributed by atoms with Crippen LogP contribution in [0.4, 0.5) is 11.5 Å². The van der Waals surface area contributed by atoms with E-state index >= 15 is 0 Å². The van der Waals surface area contributed by atoms with Crippen LogP contribution in [0.25, 0.3) is 10.9 Å². The van der Waals surface area contributed by atoms with Gasteiger partial charge in [0.05, 0.1) is 23.1 Å². The molecule has 0 unspecified atom stereocenters. The summed E-state index contributed by atoms with van der Waals surface area (Å²) >= 11 is 0. The highest BCUT2D eigenvalue weighted by Crippen LogP contribution is 2.23. The smallest absolute Gasteiger partial charge is 0.227 e. The van der Waals surface area contributed by atoms with Crippen LogP contribution in [0.15, 0.2) is 48.7 Å². The van der Waals surface area contributed by atoms with Gasteiger partial charge >= 0.3 is 0 Å². The van der Waals surface area contributed by atoms with E-state index in [0.29, 0.717) is 0 Å². The van der Waals surface area contributed by atoms with Gasteiger partial charge in [-0.25, -0.2) is 0 Å². The molecule has 6 nitrogen and oxygen atoms in total. The summed E-state index contributed by atoms with van der Waals surface area (Å²) in [4.78, 5) is 19.2. The number of aryl methyl sites for hydroxylation is 1. The van der Waals surface area contributed by atoms with Crippen molar-refractivity contribution >= 4 is 28.3 Å². The van der Waals surface area contributed by atoms with Crippen LogP contribution in [0.2, 0.25) is 0 Å². The third-order valence-electron chi connectivity index (χ3n) is 4.83. The molecule has 1 aliphatic rings. The van der Waals surface area contributed by atoms with Gasteiger partial charge in [0.1, 0.15) is 0 Å². The average molecular weight is 347 g/mol. The van der Waals surface area contributed by atoms with Crippen molar-refractivity contribution in [1.29, 1.82) is 0 Å². The van der Waals surface area contributed by atoms with Crippen LogP contribution in [-0.2, 0) is 4.79 Å². The highest BCUT2D eigenvalue weighted by molar-refractivity contribution is 5.94. The van der Waals surface area contributed by atoms with Gasteiger partial charge in [-0.2, -0.15) is 5.10 Å². The predicted octanol–water partition coefficient (Wildman–Crippen LogP) is 3.19. The average Bonchev–Trinajstić information content (AvgIpc) is 2.68. The number of hydrogen-bond donors (Lipinski definition) is 1. The highest BCUT2D eigenvalue weighted by atomic mass is 16.1. The number of hydrogen-bond acceptors (Lipinski definition) is 5. The van der Waals surface area contributed by atoms with Crippen molar-refractivity contribution in [1.82, 2.24) is 15.2 Å². The Labute approximate surface area is 152 Å². The number of carbonyl (C=O) groups is 1. The second-order valence-electron chi connectivity index (χ2n) is 6.70. The van der Waals surface area contributed by atoms with Crippen LogP contribution < -0.4 is 10.2 Å². The minimum atomic E-state index is 0.0103. The Morgan fingerprint density at radius 2 is 1.92 bits per heavy atom. The molecule has 4 rings (SSSR count). The van der Waals surface area contributed by atoms with E-state index in [9.17, 15) is 4.79 Å². The van der Waals surface area contributed by atoms with Crippen molar-refractivity contribution in [3.8, 4) is 0 Å². The molecule has 1 aliphatic heterocycles. The van der Waals surface area contributed by atoms with E-state index in [-0.39, 0.29) is 11.8 Å². The summed E-state index contributed by atoms with van der Waals surface area (Å²) in [7, 11) is 0. The first-order valence-electron chi connectivity index (χ1n) is 8.90. The number of para-hydroxylation sites is 1. The van der Waals surface area contributed by atoms with Gasteiger partial charge < -0.3 is 10.2 Å². The number of rotatable bonds is 3. The molecule has 1 aromatic carbocycles. The van der Waals surface area contributed by atoms with E-state index in [4.69, 9.17) is 0 Å². The molecule has 6 heteroatoms. The van der Waals surface area contributed by atoms with Crippen LogP contribution in [0.5, 0.6) is 0 Å². The Hall–Kier alpha value is -3.02. The molecule has 0 spiro atoms. The van der Waals surface area contributed by atoms with E-state index in [0.717, 1.165) is 54.0 Å². The van der Waals surface area contributed by atoms with Crippen molar-refractivity contribution in [3.05, 3.63) is 54.4 Å². The molecule has 3 heterocycles. The molecule has 0 bridgehead atoms. The molecule has 0 saturated carbocycles. The number of benzene rings is 1. The Morgan fingerprint density at radius 1 is 1.12 bits per heavy atom. The zero-order chi connectivity index (χ0) is 17.9. The van der Waals surface area contributed by atoms with Gasteiger partial charge in [0.25, 0.3) is 0 Å². The number of nitrogens with one attached hydrogen (secondary N) is 1. The first kappa shape index (κ1) is 16.4. The molecule has 1 fully saturated rings. The molecule has 132 valence electrons. The quantitative estimate of drug-likeness (QED) is 0.788. The van der Waals surface area contributed by atoms with Gasteiger partial charge in [-0.05, 0) is 44.0 Å². The number of anilines is 2. The second-order valence-corrected chi connectivity index (χ2v) is 6.70. The monoisotopic (exact) mass is 347 g/mol. The van der Waals surface area contributed by atoms with Crippen LogP contribution in [0.1, 0.15) is 18.5 Å². The van der Waals surface area contributed by atoms with Gasteiger partial charge in [-0.15, -0.1) is 5.10 Å².